The number of benzene rings is 1. The van der Waals surface area contributed by atoms with Gasteiger partial charge in [0.25, 0.3) is 0 Å². The molecule has 7 heteroatoms. The summed E-state index contributed by atoms with van der Waals surface area (Å²) in [5.74, 6) is 0.616. The molecule has 0 amide bonds. The third kappa shape index (κ3) is 3.97. The van der Waals surface area contributed by atoms with Crippen molar-refractivity contribution < 1.29 is 17.9 Å². The summed E-state index contributed by atoms with van der Waals surface area (Å²) in [7, 11) is -2.11. The van der Waals surface area contributed by atoms with E-state index in [1.165, 1.54) is 19.2 Å². The third-order valence-corrected chi connectivity index (χ3v) is 3.94. The van der Waals surface area contributed by atoms with Crippen molar-refractivity contribution in [2.24, 2.45) is 0 Å². The van der Waals surface area contributed by atoms with E-state index < -0.39 is 15.3 Å². The number of methoxy groups -OCH3 is 1. The van der Waals surface area contributed by atoms with Crippen LogP contribution >= 0.6 is 11.6 Å². The predicted octanol–water partition coefficient (Wildman–Crippen LogP) is 1.44. The molecule has 0 atom stereocenters. The van der Waals surface area contributed by atoms with E-state index in [1.54, 1.807) is 13.0 Å². The van der Waals surface area contributed by atoms with Gasteiger partial charge in [0.2, 0.25) is 15.3 Å². The molecule has 0 saturated heterocycles. The number of ether oxygens (including phenoxy) is 1. The van der Waals surface area contributed by atoms with Gasteiger partial charge in [-0.1, -0.05) is 0 Å². The van der Waals surface area contributed by atoms with Crippen molar-refractivity contribution in [3.63, 3.8) is 0 Å². The fourth-order valence-electron chi connectivity index (χ4n) is 1.39. The number of halogens is 1. The van der Waals surface area contributed by atoms with E-state index in [2.05, 4.69) is 4.72 Å². The molecule has 1 aromatic carbocycles. The maximum Gasteiger partial charge on any atom is 0.240 e. The van der Waals surface area contributed by atoms with Crippen LogP contribution in [-0.2, 0) is 14.8 Å². The minimum Gasteiger partial charge on any atom is -0.496 e. The minimum absolute atomic E-state index is 0.0181. The lowest BCUT2D eigenvalue weighted by atomic mass is 10.2. The van der Waals surface area contributed by atoms with Crippen LogP contribution in [0.4, 0.5) is 0 Å². The Hall–Kier alpha value is -1.11. The van der Waals surface area contributed by atoms with Crippen molar-refractivity contribution in [1.29, 1.82) is 0 Å². The van der Waals surface area contributed by atoms with E-state index in [0.29, 0.717) is 11.3 Å². The molecule has 5 nitrogen and oxygen atoms in total. The van der Waals surface area contributed by atoms with Crippen LogP contribution in [-0.4, -0.2) is 27.3 Å². The second kappa shape index (κ2) is 6.17. The van der Waals surface area contributed by atoms with Gasteiger partial charge >= 0.3 is 0 Å². The van der Waals surface area contributed by atoms with Crippen LogP contribution in [0.3, 0.4) is 0 Å². The highest BCUT2D eigenvalue weighted by Crippen LogP contribution is 2.21. The highest BCUT2D eigenvalue weighted by molar-refractivity contribution is 7.89. The second-order valence-electron chi connectivity index (χ2n) is 3.63. The fraction of sp³-hybridized carbons (Fsp3) is 0.364. The number of carbonyl (C=O) groups excluding carboxylic acids is 1. The Kier molecular flexibility index (Phi) is 5.13. The largest absolute Gasteiger partial charge is 0.496 e. The number of hydrogen-bond acceptors (Lipinski definition) is 4. The molecule has 0 aromatic heterocycles. The summed E-state index contributed by atoms with van der Waals surface area (Å²) in [5, 5.41) is -0.580. The topological polar surface area (TPSA) is 72.5 Å². The Bertz CT molecular complexity index is 542. The summed E-state index contributed by atoms with van der Waals surface area (Å²) in [6.45, 7) is 1.73. The van der Waals surface area contributed by atoms with Crippen molar-refractivity contribution in [2.45, 2.75) is 18.2 Å². The lowest BCUT2D eigenvalue weighted by Crippen LogP contribution is -2.25. The first-order valence-electron chi connectivity index (χ1n) is 5.19. The van der Waals surface area contributed by atoms with Gasteiger partial charge in [0.05, 0.1) is 12.0 Å². The molecule has 0 spiro atoms. The lowest BCUT2D eigenvalue weighted by molar-refractivity contribution is -0.111. The second-order valence-corrected chi connectivity index (χ2v) is 5.82. The molecular formula is C11H14ClNO4S. The molecule has 0 aliphatic carbocycles. The number of nitrogens with one attached hydrogen (secondary N) is 1. The van der Waals surface area contributed by atoms with Crippen LogP contribution < -0.4 is 9.46 Å². The molecule has 100 valence electrons. The molecule has 1 aromatic rings. The van der Waals surface area contributed by atoms with Gasteiger partial charge in [0.15, 0.2) is 0 Å². The zero-order chi connectivity index (χ0) is 13.8. The van der Waals surface area contributed by atoms with Crippen molar-refractivity contribution in [3.8, 4) is 5.75 Å². The van der Waals surface area contributed by atoms with Crippen LogP contribution in [0.1, 0.15) is 12.0 Å². The Labute approximate surface area is 111 Å². The Morgan fingerprint density at radius 2 is 2.11 bits per heavy atom. The molecule has 0 heterocycles. The zero-order valence-corrected chi connectivity index (χ0v) is 11.6. The quantitative estimate of drug-likeness (QED) is 0.805. The molecule has 1 rings (SSSR count). The summed E-state index contributed by atoms with van der Waals surface area (Å²) in [6.07, 6.45) is -0.0457. The van der Waals surface area contributed by atoms with Crippen molar-refractivity contribution >= 4 is 26.9 Å². The van der Waals surface area contributed by atoms with Crippen molar-refractivity contribution in [3.05, 3.63) is 23.8 Å². The van der Waals surface area contributed by atoms with Gasteiger partial charge in [0, 0.05) is 13.0 Å². The van der Waals surface area contributed by atoms with Crippen LogP contribution in [0, 0.1) is 6.92 Å². The maximum absolute atomic E-state index is 11.9. The van der Waals surface area contributed by atoms with Crippen LogP contribution in [0.2, 0.25) is 0 Å². The van der Waals surface area contributed by atoms with Crippen LogP contribution in [0.5, 0.6) is 5.75 Å². The highest BCUT2D eigenvalue weighted by atomic mass is 35.5. The lowest BCUT2D eigenvalue weighted by Gasteiger charge is -2.09. The summed E-state index contributed by atoms with van der Waals surface area (Å²) in [5.41, 5.74) is 0.716. The average molecular weight is 292 g/mol. The van der Waals surface area contributed by atoms with Gasteiger partial charge in [0.1, 0.15) is 5.75 Å². The molecule has 1 N–H and O–H groups in total. The summed E-state index contributed by atoms with van der Waals surface area (Å²) in [6, 6.07) is 4.52. The van der Waals surface area contributed by atoms with Crippen LogP contribution in [0.25, 0.3) is 0 Å². The number of sulfonamides is 1. The Balaban J connectivity index is 2.85. The SMILES string of the molecule is COc1ccc(S(=O)(=O)NCCC(=O)Cl)cc1C. The normalized spacial score (nSPS) is 11.3. The molecule has 0 aliphatic rings. The van der Waals surface area contributed by atoms with Crippen LogP contribution in [0.15, 0.2) is 23.1 Å². The van der Waals surface area contributed by atoms with Gasteiger partial charge in [-0.25, -0.2) is 13.1 Å². The average Bonchev–Trinajstić information content (AvgIpc) is 2.28. The first-order chi connectivity index (χ1) is 8.36. The van der Waals surface area contributed by atoms with E-state index >= 15 is 0 Å². The first-order valence-corrected chi connectivity index (χ1v) is 7.05. The molecule has 0 bridgehead atoms. The van der Waals surface area contributed by atoms with E-state index in [-0.39, 0.29) is 17.9 Å². The Morgan fingerprint density at radius 3 is 2.61 bits per heavy atom. The summed E-state index contributed by atoms with van der Waals surface area (Å²) < 4.78 is 31.1. The summed E-state index contributed by atoms with van der Waals surface area (Å²) in [4.78, 5) is 10.6. The third-order valence-electron chi connectivity index (χ3n) is 2.29. The molecule has 0 fully saturated rings. The van der Waals surface area contributed by atoms with E-state index in [4.69, 9.17) is 16.3 Å². The van der Waals surface area contributed by atoms with Gasteiger partial charge in [-0.05, 0) is 42.3 Å². The van der Waals surface area contributed by atoms with Crippen molar-refractivity contribution in [2.75, 3.05) is 13.7 Å². The standard InChI is InChI=1S/C11H14ClNO4S/c1-8-7-9(3-4-10(8)17-2)18(15,16)13-6-5-11(12)14/h3-4,7,13H,5-6H2,1-2H3. The molecule has 0 aliphatic heterocycles. The molecule has 18 heavy (non-hydrogen) atoms. The number of rotatable bonds is 6. The van der Waals surface area contributed by atoms with Gasteiger partial charge in [-0.15, -0.1) is 0 Å². The van der Waals surface area contributed by atoms with E-state index in [9.17, 15) is 13.2 Å². The monoisotopic (exact) mass is 291 g/mol. The highest BCUT2D eigenvalue weighted by Gasteiger charge is 2.15. The Morgan fingerprint density at radius 1 is 1.44 bits per heavy atom. The molecule has 0 saturated carbocycles. The summed E-state index contributed by atoms with van der Waals surface area (Å²) >= 11 is 5.13. The number of hydrogen-bond donors (Lipinski definition) is 1. The van der Waals surface area contributed by atoms with Crippen molar-refractivity contribution in [1.82, 2.24) is 4.72 Å². The minimum atomic E-state index is -3.62. The number of aryl methyl sites for hydroxylation is 1. The fourth-order valence-corrected chi connectivity index (χ4v) is 2.60. The van der Waals surface area contributed by atoms with E-state index in [1.807, 2.05) is 0 Å². The number of carbonyl (C=O) groups is 1. The first kappa shape index (κ1) is 14.9. The zero-order valence-electron chi connectivity index (χ0n) is 10.1. The smallest absolute Gasteiger partial charge is 0.240 e. The molecule has 0 radical (unpaired) electrons. The van der Waals surface area contributed by atoms with Gasteiger partial charge in [-0.3, -0.25) is 4.79 Å². The van der Waals surface area contributed by atoms with E-state index in [0.717, 1.165) is 0 Å². The predicted molar refractivity (Wildman–Crippen MR) is 68.4 cm³/mol. The maximum atomic E-state index is 11.9. The molecular weight excluding hydrogens is 278 g/mol. The van der Waals surface area contributed by atoms with Gasteiger partial charge in [-0.2, -0.15) is 0 Å². The van der Waals surface area contributed by atoms with Gasteiger partial charge < -0.3 is 4.74 Å². The molecule has 0 unspecified atom stereocenters.